The zero-order chi connectivity index (χ0) is 14.7. The molecule has 0 fully saturated rings. The lowest BCUT2D eigenvalue weighted by Crippen LogP contribution is -2.34. The Morgan fingerprint density at radius 3 is 2.26 bits per heavy atom. The highest BCUT2D eigenvalue weighted by Crippen LogP contribution is 2.06. The van der Waals surface area contributed by atoms with Crippen molar-refractivity contribution in [2.45, 2.75) is 52.1 Å². The van der Waals surface area contributed by atoms with E-state index in [2.05, 4.69) is 26.6 Å². The average molecular weight is 337 g/mol. The van der Waals surface area contributed by atoms with Crippen LogP contribution in [0.15, 0.2) is 0 Å². The maximum atomic E-state index is 11.4. The molecule has 0 heterocycles. The largest absolute Gasteiger partial charge is 0.444 e. The van der Waals surface area contributed by atoms with E-state index < -0.39 is 11.7 Å². The molecule has 0 saturated carbocycles. The summed E-state index contributed by atoms with van der Waals surface area (Å²) in [7, 11) is 0. The number of carbonyl (C=O) groups is 2. The maximum Gasteiger partial charge on any atom is 0.407 e. The second-order valence-electron chi connectivity index (χ2n) is 5.28. The first-order valence-corrected chi connectivity index (χ1v) is 7.77. The lowest BCUT2D eigenvalue weighted by molar-refractivity contribution is -0.121. The second-order valence-corrected chi connectivity index (χ2v) is 6.07. The lowest BCUT2D eigenvalue weighted by Gasteiger charge is -2.19. The zero-order valence-corrected chi connectivity index (χ0v) is 13.6. The van der Waals surface area contributed by atoms with Crippen molar-refractivity contribution in [1.29, 1.82) is 0 Å². The number of hydrogen-bond acceptors (Lipinski definition) is 3. The Hall–Kier alpha value is -0.780. The molecule has 6 heteroatoms. The fourth-order valence-corrected chi connectivity index (χ4v) is 1.69. The monoisotopic (exact) mass is 336 g/mol. The Morgan fingerprint density at radius 1 is 1.05 bits per heavy atom. The van der Waals surface area contributed by atoms with Gasteiger partial charge in [-0.2, -0.15) is 0 Å². The Morgan fingerprint density at radius 2 is 1.68 bits per heavy atom. The van der Waals surface area contributed by atoms with Gasteiger partial charge in [-0.05, 0) is 40.0 Å². The van der Waals surface area contributed by atoms with E-state index >= 15 is 0 Å². The molecule has 0 bridgehead atoms. The van der Waals surface area contributed by atoms with Gasteiger partial charge in [0, 0.05) is 24.8 Å². The van der Waals surface area contributed by atoms with Crippen LogP contribution in [-0.4, -0.2) is 36.0 Å². The van der Waals surface area contributed by atoms with Crippen LogP contribution in [0.4, 0.5) is 4.79 Å². The summed E-state index contributed by atoms with van der Waals surface area (Å²) in [5.74, 6) is 0.0678. The highest BCUT2D eigenvalue weighted by Gasteiger charge is 2.15. The van der Waals surface area contributed by atoms with Gasteiger partial charge >= 0.3 is 6.09 Å². The quantitative estimate of drug-likeness (QED) is 0.528. The molecule has 0 saturated heterocycles. The summed E-state index contributed by atoms with van der Waals surface area (Å²) >= 11 is 3.32. The van der Waals surface area contributed by atoms with Crippen LogP contribution in [0, 0.1) is 0 Å². The Bertz CT molecular complexity index is 278. The molecule has 0 aromatic heterocycles. The van der Waals surface area contributed by atoms with Crippen molar-refractivity contribution in [3.63, 3.8) is 0 Å². The third-order valence-electron chi connectivity index (χ3n) is 2.13. The van der Waals surface area contributed by atoms with Crippen molar-refractivity contribution in [2.75, 3.05) is 18.4 Å². The lowest BCUT2D eigenvalue weighted by atomic mass is 10.2. The molecule has 0 unspecified atom stereocenters. The minimum atomic E-state index is -0.478. The van der Waals surface area contributed by atoms with Crippen LogP contribution < -0.4 is 10.6 Å². The number of halogens is 1. The number of alkyl halides is 1. The molecule has 0 aromatic rings. The first-order chi connectivity index (χ1) is 8.85. The Kier molecular flexibility index (Phi) is 9.65. The van der Waals surface area contributed by atoms with E-state index in [4.69, 9.17) is 4.74 Å². The van der Waals surface area contributed by atoms with Crippen molar-refractivity contribution >= 4 is 27.9 Å². The van der Waals surface area contributed by atoms with Crippen molar-refractivity contribution in [3.8, 4) is 0 Å². The summed E-state index contributed by atoms with van der Waals surface area (Å²) in [6.07, 6.45) is 2.74. The summed E-state index contributed by atoms with van der Waals surface area (Å²) in [6.45, 7) is 6.53. The van der Waals surface area contributed by atoms with Crippen LogP contribution in [0.2, 0.25) is 0 Å². The van der Waals surface area contributed by atoms with Gasteiger partial charge in [0.25, 0.3) is 0 Å². The number of rotatable bonds is 8. The molecule has 0 aliphatic carbocycles. The van der Waals surface area contributed by atoms with Gasteiger partial charge in [0.2, 0.25) is 5.91 Å². The summed E-state index contributed by atoms with van der Waals surface area (Å²) in [4.78, 5) is 22.7. The molecular formula is C13H25BrN2O3. The van der Waals surface area contributed by atoms with Gasteiger partial charge in [-0.15, -0.1) is 0 Å². The fraction of sp³-hybridized carbons (Fsp3) is 0.846. The average Bonchev–Trinajstić information content (AvgIpc) is 2.26. The van der Waals surface area contributed by atoms with Crippen LogP contribution in [0.3, 0.4) is 0 Å². The van der Waals surface area contributed by atoms with Gasteiger partial charge < -0.3 is 15.4 Å². The van der Waals surface area contributed by atoms with E-state index in [9.17, 15) is 9.59 Å². The molecule has 112 valence electrons. The number of unbranched alkanes of at least 4 members (excludes halogenated alkanes) is 1. The van der Waals surface area contributed by atoms with Gasteiger partial charge in [0.1, 0.15) is 5.60 Å². The van der Waals surface area contributed by atoms with E-state index in [1.807, 2.05) is 20.8 Å². The zero-order valence-electron chi connectivity index (χ0n) is 12.1. The second kappa shape index (κ2) is 10.1. The van der Waals surface area contributed by atoms with Crippen molar-refractivity contribution < 1.29 is 14.3 Å². The molecule has 0 aromatic carbocycles. The van der Waals surface area contributed by atoms with E-state index in [1.165, 1.54) is 0 Å². The topological polar surface area (TPSA) is 67.4 Å². The molecule has 19 heavy (non-hydrogen) atoms. The minimum absolute atomic E-state index is 0.0678. The number of hydrogen-bond donors (Lipinski definition) is 2. The molecule has 2 N–H and O–H groups in total. The third-order valence-corrected chi connectivity index (χ3v) is 2.69. The predicted molar refractivity (Wildman–Crippen MR) is 79.5 cm³/mol. The van der Waals surface area contributed by atoms with Gasteiger partial charge in [-0.25, -0.2) is 4.79 Å². The number of nitrogens with one attached hydrogen (secondary N) is 2. The summed E-state index contributed by atoms with van der Waals surface area (Å²) in [6, 6.07) is 0. The number of carbonyl (C=O) groups excluding carboxylic acids is 2. The highest BCUT2D eigenvalue weighted by atomic mass is 79.9. The molecule has 0 rings (SSSR count). The van der Waals surface area contributed by atoms with Crippen LogP contribution in [0.1, 0.15) is 46.5 Å². The first kappa shape index (κ1) is 18.2. The van der Waals surface area contributed by atoms with Crippen LogP contribution in [0.25, 0.3) is 0 Å². The van der Waals surface area contributed by atoms with Crippen molar-refractivity contribution in [2.24, 2.45) is 0 Å². The van der Waals surface area contributed by atoms with E-state index in [-0.39, 0.29) is 5.91 Å². The minimum Gasteiger partial charge on any atom is -0.444 e. The summed E-state index contributed by atoms with van der Waals surface area (Å²) < 4.78 is 5.09. The SMILES string of the molecule is CC(C)(C)OC(=O)NCCCNC(=O)CCCCBr. The Balaban J connectivity index is 3.44. The Labute approximate surface area is 124 Å². The summed E-state index contributed by atoms with van der Waals surface area (Å²) in [5.41, 5.74) is -0.478. The fourth-order valence-electron chi connectivity index (χ4n) is 1.29. The van der Waals surface area contributed by atoms with Crippen molar-refractivity contribution in [3.05, 3.63) is 0 Å². The third kappa shape index (κ3) is 13.5. The van der Waals surface area contributed by atoms with Crippen LogP contribution >= 0.6 is 15.9 Å². The smallest absolute Gasteiger partial charge is 0.407 e. The molecule has 0 aliphatic heterocycles. The molecular weight excluding hydrogens is 312 g/mol. The molecule has 2 amide bonds. The van der Waals surface area contributed by atoms with Gasteiger partial charge in [0.15, 0.2) is 0 Å². The normalized spacial score (nSPS) is 10.9. The number of alkyl carbamates (subject to hydrolysis) is 1. The summed E-state index contributed by atoms with van der Waals surface area (Å²) in [5, 5.41) is 6.39. The molecule has 0 aliphatic rings. The van der Waals surface area contributed by atoms with E-state index in [1.54, 1.807) is 0 Å². The standard InChI is InChI=1S/C13H25BrN2O3/c1-13(2,3)19-12(18)16-10-6-9-15-11(17)7-4-5-8-14/h4-10H2,1-3H3,(H,15,17)(H,16,18). The first-order valence-electron chi connectivity index (χ1n) is 6.64. The van der Waals surface area contributed by atoms with E-state index in [0.29, 0.717) is 25.9 Å². The molecule has 0 radical (unpaired) electrons. The predicted octanol–water partition coefficient (Wildman–Crippen LogP) is 2.58. The molecule has 0 spiro atoms. The van der Waals surface area contributed by atoms with Crippen LogP contribution in [0.5, 0.6) is 0 Å². The van der Waals surface area contributed by atoms with Crippen molar-refractivity contribution in [1.82, 2.24) is 10.6 Å². The number of ether oxygens (including phenoxy) is 1. The van der Waals surface area contributed by atoms with Crippen LogP contribution in [-0.2, 0) is 9.53 Å². The number of amides is 2. The van der Waals surface area contributed by atoms with Gasteiger partial charge in [-0.3, -0.25) is 4.79 Å². The molecule has 0 atom stereocenters. The highest BCUT2D eigenvalue weighted by molar-refractivity contribution is 9.09. The van der Waals surface area contributed by atoms with E-state index in [0.717, 1.165) is 18.2 Å². The van der Waals surface area contributed by atoms with Gasteiger partial charge in [0.05, 0.1) is 0 Å². The van der Waals surface area contributed by atoms with Gasteiger partial charge in [-0.1, -0.05) is 15.9 Å². The molecule has 5 nitrogen and oxygen atoms in total. The maximum absolute atomic E-state index is 11.4.